The fraction of sp³-hybridized carbons (Fsp3) is 0.944. The Kier molecular flexibility index (Phi) is 6.32. The van der Waals surface area contributed by atoms with E-state index in [4.69, 9.17) is 10.5 Å². The van der Waals surface area contributed by atoms with E-state index in [1.54, 1.807) is 4.90 Å². The maximum atomic E-state index is 12.2. The molecule has 0 spiro atoms. The topological polar surface area (TPSA) is 67.6 Å². The molecule has 0 aliphatic heterocycles. The quantitative estimate of drug-likeness (QED) is 0.837. The summed E-state index contributed by atoms with van der Waals surface area (Å²) in [5.41, 5.74) is 5.55. The molecule has 5 nitrogen and oxygen atoms in total. The van der Waals surface area contributed by atoms with Crippen LogP contribution in [-0.4, -0.2) is 47.8 Å². The smallest absolute Gasteiger partial charge is 0.410 e. The van der Waals surface area contributed by atoms with Crippen molar-refractivity contribution < 1.29 is 9.53 Å². The van der Waals surface area contributed by atoms with Gasteiger partial charge >= 0.3 is 6.09 Å². The number of nitrogens with one attached hydrogen (secondary N) is 1. The summed E-state index contributed by atoms with van der Waals surface area (Å²) in [6.07, 6.45) is 8.90. The van der Waals surface area contributed by atoms with E-state index >= 15 is 0 Å². The number of nitrogens with zero attached hydrogens (tertiary/aromatic N) is 1. The average molecular weight is 325 g/mol. The standard InChI is InChI=1S/C18H35N3O2/c1-18(2,3)23-17(22)21(4)16-11-9-15(10-12-16)20-14-7-5-13(19)6-8-14/h13-16,20H,5-12,19H2,1-4H3. The predicted octanol–water partition coefficient (Wildman–Crippen LogP) is 3.02. The highest BCUT2D eigenvalue weighted by Gasteiger charge is 2.30. The van der Waals surface area contributed by atoms with Gasteiger partial charge in [-0.15, -0.1) is 0 Å². The van der Waals surface area contributed by atoms with Crippen molar-refractivity contribution in [2.24, 2.45) is 5.73 Å². The number of carbonyl (C=O) groups excluding carboxylic acids is 1. The largest absolute Gasteiger partial charge is 0.444 e. The van der Waals surface area contributed by atoms with Crippen LogP contribution in [0.15, 0.2) is 0 Å². The van der Waals surface area contributed by atoms with Crippen LogP contribution in [0, 0.1) is 0 Å². The first-order chi connectivity index (χ1) is 10.7. The Labute approximate surface area is 141 Å². The van der Waals surface area contributed by atoms with Gasteiger partial charge in [0.2, 0.25) is 0 Å². The highest BCUT2D eigenvalue weighted by molar-refractivity contribution is 5.68. The van der Waals surface area contributed by atoms with Crippen molar-refractivity contribution in [2.75, 3.05) is 7.05 Å². The van der Waals surface area contributed by atoms with Crippen LogP contribution in [0.25, 0.3) is 0 Å². The van der Waals surface area contributed by atoms with E-state index in [1.807, 2.05) is 27.8 Å². The number of carbonyl (C=O) groups is 1. The second-order valence-corrected chi connectivity index (χ2v) is 8.38. The van der Waals surface area contributed by atoms with E-state index in [9.17, 15) is 4.79 Å². The second kappa shape index (κ2) is 7.84. The number of rotatable bonds is 3. The summed E-state index contributed by atoms with van der Waals surface area (Å²) >= 11 is 0. The molecule has 3 N–H and O–H groups in total. The van der Waals surface area contributed by atoms with Gasteiger partial charge in [0.1, 0.15) is 5.60 Å². The molecule has 2 aliphatic rings. The summed E-state index contributed by atoms with van der Waals surface area (Å²) in [7, 11) is 1.87. The first-order valence-corrected chi connectivity index (χ1v) is 9.22. The minimum absolute atomic E-state index is 0.199. The van der Waals surface area contributed by atoms with Gasteiger partial charge in [-0.3, -0.25) is 0 Å². The van der Waals surface area contributed by atoms with E-state index in [-0.39, 0.29) is 6.09 Å². The fourth-order valence-electron chi connectivity index (χ4n) is 3.73. The molecule has 5 heteroatoms. The van der Waals surface area contributed by atoms with E-state index in [0.717, 1.165) is 38.5 Å². The van der Waals surface area contributed by atoms with Gasteiger partial charge in [0.25, 0.3) is 0 Å². The van der Waals surface area contributed by atoms with Crippen molar-refractivity contribution in [3.05, 3.63) is 0 Å². The summed E-state index contributed by atoms with van der Waals surface area (Å²) < 4.78 is 5.47. The van der Waals surface area contributed by atoms with Crippen LogP contribution in [0.4, 0.5) is 4.79 Å². The molecule has 0 heterocycles. The Morgan fingerprint density at radius 2 is 1.48 bits per heavy atom. The van der Waals surface area contributed by atoms with Crippen molar-refractivity contribution in [3.63, 3.8) is 0 Å². The van der Waals surface area contributed by atoms with E-state index in [0.29, 0.717) is 24.2 Å². The summed E-state index contributed by atoms with van der Waals surface area (Å²) in [6.45, 7) is 5.74. The van der Waals surface area contributed by atoms with Crippen molar-refractivity contribution in [3.8, 4) is 0 Å². The van der Waals surface area contributed by atoms with E-state index < -0.39 is 5.60 Å². The van der Waals surface area contributed by atoms with Crippen molar-refractivity contribution in [1.82, 2.24) is 10.2 Å². The summed E-state index contributed by atoms with van der Waals surface area (Å²) in [5.74, 6) is 0. The molecular formula is C18H35N3O2. The molecule has 0 saturated heterocycles. The summed E-state index contributed by atoms with van der Waals surface area (Å²) in [6, 6.07) is 1.95. The van der Waals surface area contributed by atoms with Crippen LogP contribution >= 0.6 is 0 Å². The van der Waals surface area contributed by atoms with Crippen LogP contribution in [0.5, 0.6) is 0 Å². The summed E-state index contributed by atoms with van der Waals surface area (Å²) in [5, 5.41) is 3.82. The van der Waals surface area contributed by atoms with Crippen molar-refractivity contribution in [2.45, 2.75) is 102 Å². The number of ether oxygens (including phenoxy) is 1. The Morgan fingerprint density at radius 3 is 1.96 bits per heavy atom. The van der Waals surface area contributed by atoms with Crippen LogP contribution in [-0.2, 0) is 4.74 Å². The third-order valence-corrected chi connectivity index (χ3v) is 5.17. The molecule has 2 aliphatic carbocycles. The van der Waals surface area contributed by atoms with Crippen LogP contribution in [0.2, 0.25) is 0 Å². The molecule has 0 radical (unpaired) electrons. The van der Waals surface area contributed by atoms with Crippen LogP contribution in [0.3, 0.4) is 0 Å². The molecule has 0 aromatic heterocycles. The average Bonchev–Trinajstić information content (AvgIpc) is 2.48. The van der Waals surface area contributed by atoms with Gasteiger partial charge in [-0.25, -0.2) is 4.79 Å². The molecule has 134 valence electrons. The zero-order valence-electron chi connectivity index (χ0n) is 15.3. The molecule has 2 rings (SSSR count). The van der Waals surface area contributed by atoms with Gasteiger partial charge in [0, 0.05) is 31.2 Å². The molecule has 0 bridgehead atoms. The Balaban J connectivity index is 1.72. The molecule has 2 fully saturated rings. The zero-order valence-corrected chi connectivity index (χ0v) is 15.3. The van der Waals surface area contributed by atoms with E-state index in [2.05, 4.69) is 5.32 Å². The molecule has 0 aromatic carbocycles. The van der Waals surface area contributed by atoms with Crippen LogP contribution < -0.4 is 11.1 Å². The van der Waals surface area contributed by atoms with Crippen molar-refractivity contribution >= 4 is 6.09 Å². The maximum absolute atomic E-state index is 12.2. The molecule has 1 amide bonds. The van der Waals surface area contributed by atoms with Gasteiger partial charge in [-0.2, -0.15) is 0 Å². The lowest BCUT2D eigenvalue weighted by Crippen LogP contribution is -2.48. The van der Waals surface area contributed by atoms with Gasteiger partial charge in [-0.05, 0) is 72.1 Å². The minimum atomic E-state index is -0.425. The Bertz CT molecular complexity index is 378. The van der Waals surface area contributed by atoms with Crippen LogP contribution in [0.1, 0.15) is 72.1 Å². The Morgan fingerprint density at radius 1 is 1.00 bits per heavy atom. The van der Waals surface area contributed by atoms with E-state index in [1.165, 1.54) is 12.8 Å². The zero-order chi connectivity index (χ0) is 17.0. The van der Waals surface area contributed by atoms with Gasteiger partial charge < -0.3 is 20.7 Å². The number of nitrogens with two attached hydrogens (primary N) is 1. The number of hydrogen-bond acceptors (Lipinski definition) is 4. The molecule has 0 aromatic rings. The SMILES string of the molecule is CN(C(=O)OC(C)(C)C)C1CCC(NC2CCC(N)CC2)CC1. The third-order valence-electron chi connectivity index (χ3n) is 5.17. The van der Waals surface area contributed by atoms with Gasteiger partial charge in [0.05, 0.1) is 0 Å². The molecule has 23 heavy (non-hydrogen) atoms. The van der Waals surface area contributed by atoms with Crippen molar-refractivity contribution in [1.29, 1.82) is 0 Å². The monoisotopic (exact) mass is 325 g/mol. The molecule has 2 saturated carbocycles. The highest BCUT2D eigenvalue weighted by atomic mass is 16.6. The maximum Gasteiger partial charge on any atom is 0.410 e. The summed E-state index contributed by atoms with van der Waals surface area (Å²) in [4.78, 5) is 14.0. The third kappa shape index (κ3) is 5.96. The molecular weight excluding hydrogens is 290 g/mol. The predicted molar refractivity (Wildman–Crippen MR) is 93.4 cm³/mol. The normalized spacial score (nSPS) is 32.4. The number of amides is 1. The van der Waals surface area contributed by atoms with Gasteiger partial charge in [0.15, 0.2) is 0 Å². The first-order valence-electron chi connectivity index (χ1n) is 9.22. The minimum Gasteiger partial charge on any atom is -0.444 e. The van der Waals surface area contributed by atoms with Gasteiger partial charge in [-0.1, -0.05) is 0 Å². The number of hydrogen-bond donors (Lipinski definition) is 2. The fourth-order valence-corrected chi connectivity index (χ4v) is 3.73. The molecule has 0 unspecified atom stereocenters. The molecule has 0 atom stereocenters. The lowest BCUT2D eigenvalue weighted by Gasteiger charge is -2.38. The highest BCUT2D eigenvalue weighted by Crippen LogP contribution is 2.26. The lowest BCUT2D eigenvalue weighted by molar-refractivity contribution is 0.0177. The second-order valence-electron chi connectivity index (χ2n) is 8.38. The first kappa shape index (κ1) is 18.5. The lowest BCUT2D eigenvalue weighted by atomic mass is 9.87. The Hall–Kier alpha value is -0.810.